The first-order valence-electron chi connectivity index (χ1n) is 6.10. The molecule has 1 N–H and O–H groups in total. The molecule has 0 saturated heterocycles. The molecule has 0 aromatic heterocycles. The molecule has 2 unspecified atom stereocenters. The summed E-state index contributed by atoms with van der Waals surface area (Å²) in [6.45, 7) is 4.02. The van der Waals surface area contributed by atoms with Gasteiger partial charge in [-0.25, -0.2) is 0 Å². The Morgan fingerprint density at radius 1 is 1.32 bits per heavy atom. The number of carbonyl (C=O) groups excluding carboxylic acids is 1. The number of amides is 1. The van der Waals surface area contributed by atoms with Crippen molar-refractivity contribution in [2.75, 3.05) is 11.1 Å². The van der Waals surface area contributed by atoms with E-state index in [1.807, 2.05) is 32.0 Å². The van der Waals surface area contributed by atoms with Gasteiger partial charge in [-0.1, -0.05) is 27.1 Å². The Hall–Kier alpha value is -0.940. The van der Waals surface area contributed by atoms with Crippen molar-refractivity contribution in [3.05, 3.63) is 39.4 Å². The predicted molar refractivity (Wildman–Crippen MR) is 80.5 cm³/mol. The molecule has 100 valence electrons. The number of hydrogen-bond acceptors (Lipinski definition) is 2. The highest BCUT2D eigenvalue weighted by atomic mass is 79.9. The summed E-state index contributed by atoms with van der Waals surface area (Å²) in [5.74, 6) is 0.344. The standard InChI is InChI=1S/C14H14BrNO2S/c1-8-6-14(19(18)7-9(8)2)11-5-10(15)3-4-12(11)16-13(14)17/h3-5H,6-7H2,1-2H3,(H,16,17). The van der Waals surface area contributed by atoms with E-state index < -0.39 is 15.5 Å². The molecule has 2 aliphatic heterocycles. The van der Waals surface area contributed by atoms with E-state index in [1.54, 1.807) is 0 Å². The van der Waals surface area contributed by atoms with Gasteiger partial charge in [-0.3, -0.25) is 9.00 Å². The Kier molecular flexibility index (Phi) is 2.94. The van der Waals surface area contributed by atoms with Crippen LogP contribution in [0.5, 0.6) is 0 Å². The smallest absolute Gasteiger partial charge is 0.248 e. The van der Waals surface area contributed by atoms with Crippen LogP contribution in [0.4, 0.5) is 5.69 Å². The molecule has 0 aliphatic carbocycles. The second-order valence-corrected chi connectivity index (χ2v) is 7.79. The minimum atomic E-state index is -1.22. The Morgan fingerprint density at radius 3 is 2.79 bits per heavy atom. The summed E-state index contributed by atoms with van der Waals surface area (Å²) in [5.41, 5.74) is 3.95. The quantitative estimate of drug-likeness (QED) is 0.738. The minimum Gasteiger partial charge on any atom is -0.324 e. The van der Waals surface area contributed by atoms with Gasteiger partial charge in [-0.15, -0.1) is 0 Å². The van der Waals surface area contributed by atoms with Gasteiger partial charge in [-0.05, 0) is 38.5 Å². The van der Waals surface area contributed by atoms with Gasteiger partial charge in [0.15, 0.2) is 4.75 Å². The molecule has 1 aromatic carbocycles. The summed E-state index contributed by atoms with van der Waals surface area (Å²) < 4.78 is 12.7. The van der Waals surface area contributed by atoms with Crippen LogP contribution in [0.25, 0.3) is 0 Å². The lowest BCUT2D eigenvalue weighted by molar-refractivity contribution is -0.118. The monoisotopic (exact) mass is 339 g/mol. The summed E-state index contributed by atoms with van der Waals surface area (Å²) in [4.78, 5) is 12.4. The zero-order valence-electron chi connectivity index (χ0n) is 10.7. The molecule has 0 radical (unpaired) electrons. The maximum atomic E-state index is 12.7. The fourth-order valence-corrected chi connectivity index (χ4v) is 5.05. The third-order valence-corrected chi connectivity index (χ3v) is 6.53. The Morgan fingerprint density at radius 2 is 2.05 bits per heavy atom. The van der Waals surface area contributed by atoms with Crippen molar-refractivity contribution in [2.24, 2.45) is 0 Å². The number of hydrogen-bond donors (Lipinski definition) is 1. The van der Waals surface area contributed by atoms with Crippen LogP contribution < -0.4 is 5.32 Å². The van der Waals surface area contributed by atoms with Crippen LogP contribution in [0.15, 0.2) is 33.8 Å². The van der Waals surface area contributed by atoms with Gasteiger partial charge in [0.1, 0.15) is 0 Å². The number of allylic oxidation sites excluding steroid dienone is 1. The fourth-order valence-electron chi connectivity index (χ4n) is 2.75. The lowest BCUT2D eigenvalue weighted by Gasteiger charge is -2.32. The summed E-state index contributed by atoms with van der Waals surface area (Å²) in [5, 5.41) is 2.88. The van der Waals surface area contributed by atoms with Crippen molar-refractivity contribution in [1.29, 1.82) is 0 Å². The summed E-state index contributed by atoms with van der Waals surface area (Å²) in [6, 6.07) is 5.67. The van der Waals surface area contributed by atoms with E-state index in [0.717, 1.165) is 21.3 Å². The lowest BCUT2D eigenvalue weighted by atomic mass is 9.90. The number of nitrogens with one attached hydrogen (secondary N) is 1. The number of halogens is 1. The minimum absolute atomic E-state index is 0.134. The first-order chi connectivity index (χ1) is 8.95. The Bertz CT molecular complexity index is 653. The van der Waals surface area contributed by atoms with Crippen LogP contribution in [0.1, 0.15) is 25.8 Å². The largest absolute Gasteiger partial charge is 0.324 e. The lowest BCUT2D eigenvalue weighted by Crippen LogP contribution is -2.42. The predicted octanol–water partition coefficient (Wildman–Crippen LogP) is 3.09. The molecule has 1 aromatic rings. The number of anilines is 1. The van der Waals surface area contributed by atoms with Crippen molar-refractivity contribution >= 4 is 38.3 Å². The second kappa shape index (κ2) is 4.28. The average Bonchev–Trinajstić information content (AvgIpc) is 2.61. The van der Waals surface area contributed by atoms with E-state index in [4.69, 9.17) is 0 Å². The number of fused-ring (bicyclic) bond motifs is 2. The SMILES string of the molecule is CC1=C(C)CC2(C(=O)Nc3ccc(Br)cc32)S(=O)C1. The molecule has 0 fully saturated rings. The van der Waals surface area contributed by atoms with Gasteiger partial charge in [0, 0.05) is 32.3 Å². The molecule has 1 spiro atoms. The highest BCUT2D eigenvalue weighted by Gasteiger charge is 2.53. The third-order valence-electron chi connectivity index (χ3n) is 4.01. The maximum Gasteiger partial charge on any atom is 0.248 e. The van der Waals surface area contributed by atoms with E-state index in [2.05, 4.69) is 21.2 Å². The van der Waals surface area contributed by atoms with E-state index in [9.17, 15) is 9.00 Å². The molecule has 2 heterocycles. The van der Waals surface area contributed by atoms with Crippen molar-refractivity contribution in [3.8, 4) is 0 Å². The van der Waals surface area contributed by atoms with E-state index >= 15 is 0 Å². The van der Waals surface area contributed by atoms with E-state index in [1.165, 1.54) is 5.57 Å². The van der Waals surface area contributed by atoms with Gasteiger partial charge in [-0.2, -0.15) is 0 Å². The highest BCUT2D eigenvalue weighted by molar-refractivity contribution is 9.10. The number of benzene rings is 1. The van der Waals surface area contributed by atoms with Gasteiger partial charge >= 0.3 is 0 Å². The number of carbonyl (C=O) groups is 1. The van der Waals surface area contributed by atoms with Crippen LogP contribution in [0.2, 0.25) is 0 Å². The van der Waals surface area contributed by atoms with Gasteiger partial charge in [0.25, 0.3) is 0 Å². The molecule has 1 amide bonds. The first-order valence-corrected chi connectivity index (χ1v) is 8.21. The van der Waals surface area contributed by atoms with Crippen LogP contribution in [-0.2, 0) is 20.3 Å². The topological polar surface area (TPSA) is 46.2 Å². The zero-order chi connectivity index (χ0) is 13.8. The Labute approximate surface area is 123 Å². The van der Waals surface area contributed by atoms with E-state index in [0.29, 0.717) is 12.2 Å². The molecular formula is C14H14BrNO2S. The van der Waals surface area contributed by atoms with Crippen molar-refractivity contribution in [2.45, 2.75) is 25.0 Å². The maximum absolute atomic E-state index is 12.7. The molecule has 0 bridgehead atoms. The molecule has 19 heavy (non-hydrogen) atoms. The van der Waals surface area contributed by atoms with Crippen LogP contribution in [-0.4, -0.2) is 15.9 Å². The van der Waals surface area contributed by atoms with Crippen molar-refractivity contribution in [1.82, 2.24) is 0 Å². The first kappa shape index (κ1) is 13.1. The third kappa shape index (κ3) is 1.75. The summed E-state index contributed by atoms with van der Waals surface area (Å²) in [6.07, 6.45) is 0.542. The zero-order valence-corrected chi connectivity index (χ0v) is 13.2. The molecular weight excluding hydrogens is 326 g/mol. The van der Waals surface area contributed by atoms with Crippen LogP contribution in [0, 0.1) is 0 Å². The molecule has 3 rings (SSSR count). The molecule has 2 atom stereocenters. The van der Waals surface area contributed by atoms with Crippen molar-refractivity contribution < 1.29 is 9.00 Å². The molecule has 5 heteroatoms. The second-order valence-electron chi connectivity index (χ2n) is 5.20. The highest BCUT2D eigenvalue weighted by Crippen LogP contribution is 2.48. The summed E-state index contributed by atoms with van der Waals surface area (Å²) >= 11 is 3.43. The van der Waals surface area contributed by atoms with Crippen LogP contribution >= 0.6 is 15.9 Å². The fraction of sp³-hybridized carbons (Fsp3) is 0.357. The van der Waals surface area contributed by atoms with Gasteiger partial charge in [0.2, 0.25) is 5.91 Å². The average molecular weight is 340 g/mol. The number of rotatable bonds is 0. The molecule has 0 saturated carbocycles. The molecule has 2 aliphatic rings. The normalized spacial score (nSPS) is 29.6. The molecule has 3 nitrogen and oxygen atoms in total. The van der Waals surface area contributed by atoms with Gasteiger partial charge in [0.05, 0.1) is 0 Å². The van der Waals surface area contributed by atoms with Crippen LogP contribution in [0.3, 0.4) is 0 Å². The van der Waals surface area contributed by atoms with Gasteiger partial charge < -0.3 is 5.32 Å². The van der Waals surface area contributed by atoms with E-state index in [-0.39, 0.29) is 5.91 Å². The Balaban J connectivity index is 2.23. The van der Waals surface area contributed by atoms with Crippen molar-refractivity contribution in [3.63, 3.8) is 0 Å². The summed E-state index contributed by atoms with van der Waals surface area (Å²) in [7, 11) is -1.22.